The van der Waals surface area contributed by atoms with Gasteiger partial charge in [-0.15, -0.1) is 0 Å². The molecule has 1 aromatic carbocycles. The van der Waals surface area contributed by atoms with Crippen LogP contribution in [0.25, 0.3) is 0 Å². The molecule has 0 saturated heterocycles. The predicted octanol–water partition coefficient (Wildman–Crippen LogP) is 4.56. The Kier molecular flexibility index (Phi) is 6.65. The van der Waals surface area contributed by atoms with Crippen LogP contribution in [0, 0.1) is 5.82 Å². The van der Waals surface area contributed by atoms with Crippen molar-refractivity contribution >= 4 is 0 Å². The summed E-state index contributed by atoms with van der Waals surface area (Å²) in [5.74, 6) is -0.156. The summed E-state index contributed by atoms with van der Waals surface area (Å²) in [5, 5.41) is 3.36. The van der Waals surface area contributed by atoms with E-state index in [9.17, 15) is 4.39 Å². The van der Waals surface area contributed by atoms with Crippen LogP contribution in [0.3, 0.4) is 0 Å². The minimum Gasteiger partial charge on any atom is -0.373 e. The fraction of sp³-hybridized carbons (Fsp3) is 0.667. The normalized spacial score (nSPS) is 17.1. The van der Waals surface area contributed by atoms with Gasteiger partial charge < -0.3 is 10.1 Å². The van der Waals surface area contributed by atoms with E-state index < -0.39 is 0 Å². The maximum Gasteiger partial charge on any atom is 0.128 e. The van der Waals surface area contributed by atoms with E-state index in [0.29, 0.717) is 24.3 Å². The molecule has 0 radical (unpaired) electrons. The lowest BCUT2D eigenvalue weighted by atomic mass is 10.1. The van der Waals surface area contributed by atoms with Crippen molar-refractivity contribution in [2.45, 2.75) is 77.7 Å². The summed E-state index contributed by atoms with van der Waals surface area (Å²) in [6.45, 7) is 5.39. The third-order valence-corrected chi connectivity index (χ3v) is 4.10. The van der Waals surface area contributed by atoms with Gasteiger partial charge in [0, 0.05) is 18.2 Å². The van der Waals surface area contributed by atoms with Gasteiger partial charge in [-0.3, -0.25) is 0 Å². The molecule has 118 valence electrons. The standard InChI is InChI=1S/C18H28FNO/c1-14(2)20-12-15-9-10-18(19)16(11-15)13-21-17-7-5-3-4-6-8-17/h9-11,14,17,20H,3-8,12-13H2,1-2H3. The molecule has 3 heteroatoms. The van der Waals surface area contributed by atoms with E-state index in [2.05, 4.69) is 19.2 Å². The Bertz CT molecular complexity index is 425. The largest absolute Gasteiger partial charge is 0.373 e. The Hall–Kier alpha value is -0.930. The van der Waals surface area contributed by atoms with Gasteiger partial charge in [-0.2, -0.15) is 0 Å². The van der Waals surface area contributed by atoms with Crippen LogP contribution >= 0.6 is 0 Å². The molecule has 0 aliphatic heterocycles. The molecule has 0 amide bonds. The smallest absolute Gasteiger partial charge is 0.128 e. The van der Waals surface area contributed by atoms with E-state index in [1.807, 2.05) is 12.1 Å². The quantitative estimate of drug-likeness (QED) is 0.776. The third-order valence-electron chi connectivity index (χ3n) is 4.10. The SMILES string of the molecule is CC(C)NCc1ccc(F)c(COC2CCCCCC2)c1. The van der Waals surface area contributed by atoms with Crippen molar-refractivity contribution in [1.82, 2.24) is 5.32 Å². The molecule has 1 saturated carbocycles. The van der Waals surface area contributed by atoms with Crippen LogP contribution in [0.15, 0.2) is 18.2 Å². The van der Waals surface area contributed by atoms with E-state index in [-0.39, 0.29) is 5.82 Å². The minimum absolute atomic E-state index is 0.156. The highest BCUT2D eigenvalue weighted by Crippen LogP contribution is 2.21. The van der Waals surface area contributed by atoms with Gasteiger partial charge in [-0.1, -0.05) is 45.6 Å². The minimum atomic E-state index is -0.156. The zero-order chi connectivity index (χ0) is 15.1. The molecule has 0 aromatic heterocycles. The van der Waals surface area contributed by atoms with Crippen molar-refractivity contribution in [2.24, 2.45) is 0 Å². The first kappa shape index (κ1) is 16.4. The molecule has 1 aromatic rings. The van der Waals surface area contributed by atoms with Crippen LogP contribution in [0.5, 0.6) is 0 Å². The van der Waals surface area contributed by atoms with E-state index in [0.717, 1.165) is 24.9 Å². The van der Waals surface area contributed by atoms with Crippen molar-refractivity contribution in [3.05, 3.63) is 35.1 Å². The van der Waals surface area contributed by atoms with Crippen LogP contribution in [0.2, 0.25) is 0 Å². The maximum absolute atomic E-state index is 13.9. The summed E-state index contributed by atoms with van der Waals surface area (Å²) in [7, 11) is 0. The zero-order valence-electron chi connectivity index (χ0n) is 13.3. The summed E-state index contributed by atoms with van der Waals surface area (Å²) in [5.41, 5.74) is 1.80. The lowest BCUT2D eigenvalue weighted by molar-refractivity contribution is 0.0295. The van der Waals surface area contributed by atoms with Gasteiger partial charge in [-0.05, 0) is 30.5 Å². The number of hydrogen-bond acceptors (Lipinski definition) is 2. The Morgan fingerprint density at radius 1 is 1.19 bits per heavy atom. The van der Waals surface area contributed by atoms with E-state index in [1.54, 1.807) is 6.07 Å². The van der Waals surface area contributed by atoms with Crippen molar-refractivity contribution in [3.63, 3.8) is 0 Å². The second-order valence-corrected chi connectivity index (χ2v) is 6.39. The summed E-state index contributed by atoms with van der Waals surface area (Å²) in [6.07, 6.45) is 7.66. The van der Waals surface area contributed by atoms with Crippen molar-refractivity contribution in [3.8, 4) is 0 Å². The molecule has 0 spiro atoms. The molecule has 0 unspecified atom stereocenters. The van der Waals surface area contributed by atoms with Crippen LogP contribution in [-0.4, -0.2) is 12.1 Å². The lowest BCUT2D eigenvalue weighted by Crippen LogP contribution is -2.22. The highest BCUT2D eigenvalue weighted by Gasteiger charge is 2.14. The van der Waals surface area contributed by atoms with Gasteiger partial charge in [0.2, 0.25) is 0 Å². The van der Waals surface area contributed by atoms with Crippen molar-refractivity contribution in [2.75, 3.05) is 0 Å². The number of nitrogens with one attached hydrogen (secondary N) is 1. The van der Waals surface area contributed by atoms with Gasteiger partial charge in [-0.25, -0.2) is 4.39 Å². The molecule has 0 atom stereocenters. The molecule has 2 rings (SSSR count). The Balaban J connectivity index is 1.90. The first-order valence-electron chi connectivity index (χ1n) is 8.27. The fourth-order valence-electron chi connectivity index (χ4n) is 2.79. The van der Waals surface area contributed by atoms with Gasteiger partial charge in [0.1, 0.15) is 5.82 Å². The molecule has 0 bridgehead atoms. The van der Waals surface area contributed by atoms with Crippen LogP contribution < -0.4 is 5.32 Å². The summed E-state index contributed by atoms with van der Waals surface area (Å²) >= 11 is 0. The van der Waals surface area contributed by atoms with E-state index >= 15 is 0 Å². The lowest BCUT2D eigenvalue weighted by Gasteiger charge is -2.16. The monoisotopic (exact) mass is 293 g/mol. The molecule has 1 N–H and O–H groups in total. The molecule has 2 nitrogen and oxygen atoms in total. The van der Waals surface area contributed by atoms with E-state index in [4.69, 9.17) is 4.74 Å². The first-order chi connectivity index (χ1) is 10.1. The Morgan fingerprint density at radius 3 is 2.57 bits per heavy atom. The highest BCUT2D eigenvalue weighted by atomic mass is 19.1. The number of hydrogen-bond donors (Lipinski definition) is 1. The summed E-state index contributed by atoms with van der Waals surface area (Å²) < 4.78 is 19.9. The molecular formula is C18H28FNO. The van der Waals surface area contributed by atoms with Gasteiger partial charge in [0.05, 0.1) is 12.7 Å². The second-order valence-electron chi connectivity index (χ2n) is 6.39. The predicted molar refractivity (Wildman–Crippen MR) is 84.7 cm³/mol. The molecule has 0 heterocycles. The van der Waals surface area contributed by atoms with Crippen LogP contribution in [0.4, 0.5) is 4.39 Å². The Morgan fingerprint density at radius 2 is 1.90 bits per heavy atom. The van der Waals surface area contributed by atoms with Gasteiger partial charge in [0.15, 0.2) is 0 Å². The second kappa shape index (κ2) is 8.50. The average molecular weight is 293 g/mol. The number of rotatable bonds is 6. The maximum atomic E-state index is 13.9. The van der Waals surface area contributed by atoms with Crippen LogP contribution in [-0.2, 0) is 17.9 Å². The number of benzene rings is 1. The number of ether oxygens (including phenoxy) is 1. The molecule has 1 fully saturated rings. The molecule has 21 heavy (non-hydrogen) atoms. The van der Waals surface area contributed by atoms with Crippen molar-refractivity contribution < 1.29 is 9.13 Å². The Labute approximate surface area is 128 Å². The highest BCUT2D eigenvalue weighted by molar-refractivity contribution is 5.24. The molecule has 1 aliphatic carbocycles. The fourth-order valence-corrected chi connectivity index (χ4v) is 2.79. The number of halogens is 1. The average Bonchev–Trinajstić information content (AvgIpc) is 2.73. The third kappa shape index (κ3) is 5.76. The van der Waals surface area contributed by atoms with Gasteiger partial charge in [0.25, 0.3) is 0 Å². The topological polar surface area (TPSA) is 21.3 Å². The summed E-state index contributed by atoms with van der Waals surface area (Å²) in [4.78, 5) is 0. The zero-order valence-corrected chi connectivity index (χ0v) is 13.3. The van der Waals surface area contributed by atoms with Crippen LogP contribution in [0.1, 0.15) is 63.5 Å². The molecule has 1 aliphatic rings. The first-order valence-corrected chi connectivity index (χ1v) is 8.27. The van der Waals surface area contributed by atoms with Gasteiger partial charge >= 0.3 is 0 Å². The van der Waals surface area contributed by atoms with Crippen molar-refractivity contribution in [1.29, 1.82) is 0 Å². The molecular weight excluding hydrogens is 265 g/mol. The summed E-state index contributed by atoms with van der Waals surface area (Å²) in [6, 6.07) is 5.77. The van der Waals surface area contributed by atoms with E-state index in [1.165, 1.54) is 25.7 Å².